The maximum atomic E-state index is 10.4. The van der Waals surface area contributed by atoms with E-state index in [-0.39, 0.29) is 0 Å². The van der Waals surface area contributed by atoms with Crippen molar-refractivity contribution in [1.29, 1.82) is 0 Å². The van der Waals surface area contributed by atoms with E-state index < -0.39 is 6.03 Å². The van der Waals surface area contributed by atoms with Gasteiger partial charge in [-0.2, -0.15) is 0 Å². The maximum absolute atomic E-state index is 10.4. The SMILES string of the molecule is NC(=O)NCCc1nc2ccccc2[nH]1. The number of primary amides is 1. The first-order valence-electron chi connectivity index (χ1n) is 4.72. The Bertz CT molecular complexity index is 444. The fraction of sp³-hybridized carbons (Fsp3) is 0.200. The van der Waals surface area contributed by atoms with E-state index in [0.29, 0.717) is 13.0 Å². The second-order valence-corrected chi connectivity index (χ2v) is 3.24. The van der Waals surface area contributed by atoms with Crippen molar-refractivity contribution >= 4 is 17.1 Å². The zero-order chi connectivity index (χ0) is 10.7. The van der Waals surface area contributed by atoms with E-state index in [4.69, 9.17) is 5.73 Å². The van der Waals surface area contributed by atoms with Crippen LogP contribution in [-0.2, 0) is 6.42 Å². The summed E-state index contributed by atoms with van der Waals surface area (Å²) in [7, 11) is 0. The molecular weight excluding hydrogens is 192 g/mol. The number of hydrogen-bond donors (Lipinski definition) is 3. The number of benzene rings is 1. The summed E-state index contributed by atoms with van der Waals surface area (Å²) in [6, 6.07) is 7.29. The molecule has 0 aliphatic heterocycles. The molecular formula is C10H12N4O. The third-order valence-electron chi connectivity index (χ3n) is 2.10. The van der Waals surface area contributed by atoms with Gasteiger partial charge in [0.05, 0.1) is 11.0 Å². The number of carbonyl (C=O) groups excluding carboxylic acids is 1. The monoisotopic (exact) mass is 204 g/mol. The Kier molecular flexibility index (Phi) is 2.53. The highest BCUT2D eigenvalue weighted by Gasteiger charge is 2.01. The molecule has 5 nitrogen and oxygen atoms in total. The topological polar surface area (TPSA) is 83.8 Å². The molecule has 0 unspecified atom stereocenters. The number of nitrogens with two attached hydrogens (primary N) is 1. The van der Waals surface area contributed by atoms with Crippen molar-refractivity contribution < 1.29 is 4.79 Å². The number of amides is 2. The average Bonchev–Trinajstić information content (AvgIpc) is 2.59. The van der Waals surface area contributed by atoms with Crippen LogP contribution in [0.3, 0.4) is 0 Å². The van der Waals surface area contributed by atoms with Gasteiger partial charge in [0, 0.05) is 13.0 Å². The summed E-state index contributed by atoms with van der Waals surface area (Å²) in [4.78, 5) is 18.0. The van der Waals surface area contributed by atoms with Crippen LogP contribution in [0, 0.1) is 0 Å². The fourth-order valence-corrected chi connectivity index (χ4v) is 1.43. The Labute approximate surface area is 86.7 Å². The quantitative estimate of drug-likeness (QED) is 0.690. The highest BCUT2D eigenvalue weighted by molar-refractivity contribution is 5.74. The number of H-pyrrole nitrogens is 1. The van der Waals surface area contributed by atoms with Crippen molar-refractivity contribution in [1.82, 2.24) is 15.3 Å². The lowest BCUT2D eigenvalue weighted by atomic mass is 10.3. The largest absolute Gasteiger partial charge is 0.352 e. The Morgan fingerprint density at radius 1 is 1.47 bits per heavy atom. The number of aromatic nitrogens is 2. The zero-order valence-corrected chi connectivity index (χ0v) is 8.16. The summed E-state index contributed by atoms with van der Waals surface area (Å²) in [5, 5.41) is 2.52. The number of hydrogen-bond acceptors (Lipinski definition) is 2. The molecule has 1 aromatic heterocycles. The van der Waals surface area contributed by atoms with Crippen LogP contribution in [0.5, 0.6) is 0 Å². The third kappa shape index (κ3) is 2.25. The predicted octanol–water partition coefficient (Wildman–Crippen LogP) is 0.774. The molecule has 2 rings (SSSR count). The maximum Gasteiger partial charge on any atom is 0.312 e. The lowest BCUT2D eigenvalue weighted by Gasteiger charge is -1.97. The fourth-order valence-electron chi connectivity index (χ4n) is 1.43. The summed E-state index contributed by atoms with van der Waals surface area (Å²) < 4.78 is 0. The first-order chi connectivity index (χ1) is 7.25. The van der Waals surface area contributed by atoms with Crippen LogP contribution in [0.15, 0.2) is 24.3 Å². The molecule has 0 bridgehead atoms. The van der Waals surface area contributed by atoms with Crippen molar-refractivity contribution in [3.63, 3.8) is 0 Å². The molecule has 15 heavy (non-hydrogen) atoms. The van der Waals surface area contributed by atoms with E-state index >= 15 is 0 Å². The number of rotatable bonds is 3. The predicted molar refractivity (Wildman–Crippen MR) is 57.4 cm³/mol. The van der Waals surface area contributed by atoms with Gasteiger partial charge in [-0.15, -0.1) is 0 Å². The smallest absolute Gasteiger partial charge is 0.312 e. The second kappa shape index (κ2) is 4.00. The van der Waals surface area contributed by atoms with Gasteiger partial charge in [0.25, 0.3) is 0 Å². The normalized spacial score (nSPS) is 10.4. The first kappa shape index (κ1) is 9.51. The van der Waals surface area contributed by atoms with E-state index in [1.807, 2.05) is 24.3 Å². The number of nitrogens with zero attached hydrogens (tertiary/aromatic N) is 1. The van der Waals surface area contributed by atoms with Gasteiger partial charge in [-0.1, -0.05) is 12.1 Å². The first-order valence-corrected chi connectivity index (χ1v) is 4.72. The summed E-state index contributed by atoms with van der Waals surface area (Å²) in [5.41, 5.74) is 6.89. The Balaban J connectivity index is 2.05. The van der Waals surface area contributed by atoms with Crippen LogP contribution in [-0.4, -0.2) is 22.5 Å². The minimum atomic E-state index is -0.508. The number of carbonyl (C=O) groups is 1. The average molecular weight is 204 g/mol. The molecule has 0 saturated heterocycles. The standard InChI is InChI=1S/C10H12N4O/c11-10(15)12-6-5-9-13-7-3-1-2-4-8(7)14-9/h1-4H,5-6H2,(H,13,14)(H3,11,12,15). The molecule has 0 aliphatic rings. The minimum Gasteiger partial charge on any atom is -0.352 e. The summed E-state index contributed by atoms with van der Waals surface area (Å²) in [5.74, 6) is 0.852. The van der Waals surface area contributed by atoms with Gasteiger partial charge < -0.3 is 16.0 Å². The lowest BCUT2D eigenvalue weighted by Crippen LogP contribution is -2.31. The van der Waals surface area contributed by atoms with Gasteiger partial charge in [0.2, 0.25) is 0 Å². The van der Waals surface area contributed by atoms with Gasteiger partial charge in [-0.3, -0.25) is 0 Å². The molecule has 2 aromatic rings. The number of fused-ring (bicyclic) bond motifs is 1. The molecule has 4 N–H and O–H groups in total. The van der Waals surface area contributed by atoms with Gasteiger partial charge in [-0.25, -0.2) is 9.78 Å². The molecule has 2 amide bonds. The van der Waals surface area contributed by atoms with Gasteiger partial charge in [-0.05, 0) is 12.1 Å². The van der Waals surface area contributed by atoms with Crippen LogP contribution in [0.1, 0.15) is 5.82 Å². The molecule has 0 aliphatic carbocycles. The number of urea groups is 1. The van der Waals surface area contributed by atoms with Crippen molar-refractivity contribution in [2.75, 3.05) is 6.54 Å². The van der Waals surface area contributed by atoms with E-state index in [0.717, 1.165) is 16.9 Å². The molecule has 1 heterocycles. The van der Waals surface area contributed by atoms with Gasteiger partial charge >= 0.3 is 6.03 Å². The van der Waals surface area contributed by atoms with Crippen molar-refractivity contribution in [3.05, 3.63) is 30.1 Å². The highest BCUT2D eigenvalue weighted by Crippen LogP contribution is 2.09. The van der Waals surface area contributed by atoms with Crippen LogP contribution < -0.4 is 11.1 Å². The van der Waals surface area contributed by atoms with Crippen molar-refractivity contribution in [2.24, 2.45) is 5.73 Å². The molecule has 5 heteroatoms. The number of imidazole rings is 1. The molecule has 1 aromatic carbocycles. The van der Waals surface area contributed by atoms with Crippen LogP contribution in [0.25, 0.3) is 11.0 Å². The highest BCUT2D eigenvalue weighted by atomic mass is 16.2. The minimum absolute atomic E-state index is 0.495. The van der Waals surface area contributed by atoms with E-state index in [1.54, 1.807) is 0 Å². The molecule has 78 valence electrons. The molecule has 0 saturated carbocycles. The Morgan fingerprint density at radius 2 is 2.27 bits per heavy atom. The Hall–Kier alpha value is -2.04. The van der Waals surface area contributed by atoms with E-state index in [2.05, 4.69) is 15.3 Å². The lowest BCUT2D eigenvalue weighted by molar-refractivity contribution is 0.249. The van der Waals surface area contributed by atoms with Crippen LogP contribution >= 0.6 is 0 Å². The van der Waals surface area contributed by atoms with Gasteiger partial charge in [0.15, 0.2) is 0 Å². The Morgan fingerprint density at radius 3 is 3.00 bits per heavy atom. The van der Waals surface area contributed by atoms with Crippen molar-refractivity contribution in [3.8, 4) is 0 Å². The van der Waals surface area contributed by atoms with E-state index in [1.165, 1.54) is 0 Å². The summed E-state index contributed by atoms with van der Waals surface area (Å²) in [6.07, 6.45) is 0.650. The summed E-state index contributed by atoms with van der Waals surface area (Å²) in [6.45, 7) is 0.495. The second-order valence-electron chi connectivity index (χ2n) is 3.24. The molecule has 0 radical (unpaired) electrons. The van der Waals surface area contributed by atoms with Crippen molar-refractivity contribution in [2.45, 2.75) is 6.42 Å². The third-order valence-corrected chi connectivity index (χ3v) is 2.10. The molecule has 0 spiro atoms. The number of nitrogens with one attached hydrogen (secondary N) is 2. The van der Waals surface area contributed by atoms with Crippen LogP contribution in [0.2, 0.25) is 0 Å². The van der Waals surface area contributed by atoms with E-state index in [9.17, 15) is 4.79 Å². The molecule has 0 atom stereocenters. The number of para-hydroxylation sites is 2. The summed E-state index contributed by atoms with van der Waals surface area (Å²) >= 11 is 0. The zero-order valence-electron chi connectivity index (χ0n) is 8.16. The number of aromatic amines is 1. The van der Waals surface area contributed by atoms with Gasteiger partial charge in [0.1, 0.15) is 5.82 Å². The molecule has 0 fully saturated rings. The van der Waals surface area contributed by atoms with Crippen LogP contribution in [0.4, 0.5) is 4.79 Å².